The Hall–Kier alpha value is -7.41. The van der Waals surface area contributed by atoms with Crippen molar-refractivity contribution in [3.8, 4) is 56.4 Å². The number of furan rings is 2. The molecule has 0 fully saturated rings. The highest BCUT2D eigenvalue weighted by molar-refractivity contribution is 7.25. The van der Waals surface area contributed by atoms with Crippen molar-refractivity contribution in [3.05, 3.63) is 176 Å². The molecule has 57 heavy (non-hydrogen) atoms. The molecule has 8 aromatic carbocycles. The lowest BCUT2D eigenvalue weighted by Crippen LogP contribution is -2.00. The van der Waals surface area contributed by atoms with E-state index in [1.165, 1.54) is 25.7 Å². The van der Waals surface area contributed by atoms with Gasteiger partial charge < -0.3 is 8.83 Å². The van der Waals surface area contributed by atoms with Crippen molar-refractivity contribution in [2.24, 2.45) is 0 Å². The molecule has 4 heterocycles. The molecule has 0 aliphatic carbocycles. The third-order valence-electron chi connectivity index (χ3n) is 11.0. The lowest BCUT2D eigenvalue weighted by molar-refractivity contribution is 0.668. The van der Waals surface area contributed by atoms with E-state index in [2.05, 4.69) is 127 Å². The van der Waals surface area contributed by atoms with E-state index in [1.807, 2.05) is 59.9 Å². The van der Waals surface area contributed by atoms with Crippen molar-refractivity contribution in [1.29, 1.82) is 0 Å². The van der Waals surface area contributed by atoms with E-state index < -0.39 is 0 Å². The molecule has 266 valence electrons. The minimum absolute atomic E-state index is 0.573. The van der Waals surface area contributed by atoms with Gasteiger partial charge in [-0.05, 0) is 76.9 Å². The summed E-state index contributed by atoms with van der Waals surface area (Å²) in [7, 11) is 0. The topological polar surface area (TPSA) is 65.0 Å². The Morgan fingerprint density at radius 2 is 0.877 bits per heavy atom. The van der Waals surface area contributed by atoms with Crippen LogP contribution in [0.1, 0.15) is 0 Å². The summed E-state index contributed by atoms with van der Waals surface area (Å²) >= 11 is 1.83. The Kier molecular flexibility index (Phi) is 7.03. The van der Waals surface area contributed by atoms with Crippen LogP contribution in [0.2, 0.25) is 0 Å². The van der Waals surface area contributed by atoms with Gasteiger partial charge >= 0.3 is 0 Å². The van der Waals surface area contributed by atoms with Gasteiger partial charge in [0.1, 0.15) is 22.3 Å². The molecule has 0 saturated carbocycles. The summed E-state index contributed by atoms with van der Waals surface area (Å²) in [5, 5.41) is 6.60. The molecule has 0 saturated heterocycles. The van der Waals surface area contributed by atoms with Crippen molar-refractivity contribution < 1.29 is 8.83 Å². The summed E-state index contributed by atoms with van der Waals surface area (Å²) < 4.78 is 15.3. The van der Waals surface area contributed by atoms with Gasteiger partial charge in [0.05, 0.1) is 0 Å². The van der Waals surface area contributed by atoms with Gasteiger partial charge in [0.25, 0.3) is 0 Å². The van der Waals surface area contributed by atoms with Crippen molar-refractivity contribution in [3.63, 3.8) is 0 Å². The average Bonchev–Trinajstić information content (AvgIpc) is 3.97. The quantitative estimate of drug-likeness (QED) is 0.175. The maximum atomic E-state index is 6.53. The number of benzene rings is 8. The Bertz CT molecular complexity index is 3530. The fraction of sp³-hybridized carbons (Fsp3) is 0. The molecule has 0 aliphatic heterocycles. The zero-order chi connectivity index (χ0) is 37.5. The van der Waals surface area contributed by atoms with E-state index >= 15 is 0 Å². The fourth-order valence-electron chi connectivity index (χ4n) is 8.26. The van der Waals surface area contributed by atoms with E-state index in [1.54, 1.807) is 0 Å². The van der Waals surface area contributed by atoms with Gasteiger partial charge in [0.15, 0.2) is 17.5 Å². The zero-order valence-electron chi connectivity index (χ0n) is 30.3. The SMILES string of the molecule is c1ccc(-c2ccc(-c3nc(-c4ccc5oc6ccccc6c5c4)nc(-c4cccc5oc6ccc(-c7cccc8sc9ccccc9c78)cc6c45)n3)cc2)cc1. The number of rotatable bonds is 5. The maximum Gasteiger partial charge on any atom is 0.164 e. The highest BCUT2D eigenvalue weighted by atomic mass is 32.1. The van der Waals surface area contributed by atoms with Crippen molar-refractivity contribution in [2.75, 3.05) is 0 Å². The molecule has 4 aromatic heterocycles. The van der Waals surface area contributed by atoms with Crippen molar-refractivity contribution in [2.45, 2.75) is 0 Å². The van der Waals surface area contributed by atoms with Crippen LogP contribution < -0.4 is 0 Å². The summed E-state index contributed by atoms with van der Waals surface area (Å²) in [5.41, 5.74) is 10.5. The van der Waals surface area contributed by atoms with Gasteiger partial charge in [-0.2, -0.15) is 0 Å². The van der Waals surface area contributed by atoms with Crippen LogP contribution in [0.3, 0.4) is 0 Å². The molecule has 12 rings (SSSR count). The predicted octanol–water partition coefficient (Wildman–Crippen LogP) is 14.4. The molecule has 0 amide bonds. The molecule has 0 aliphatic rings. The first-order valence-electron chi connectivity index (χ1n) is 18.9. The average molecular weight is 748 g/mol. The molecule has 0 atom stereocenters. The van der Waals surface area contributed by atoms with Crippen LogP contribution in [-0.2, 0) is 0 Å². The molecule has 6 heteroatoms. The molecule has 0 unspecified atom stereocenters. The number of hydrogen-bond donors (Lipinski definition) is 0. The minimum atomic E-state index is 0.573. The van der Waals surface area contributed by atoms with Gasteiger partial charge in [0, 0.05) is 58.4 Å². The van der Waals surface area contributed by atoms with Crippen LogP contribution in [0, 0.1) is 0 Å². The lowest BCUT2D eigenvalue weighted by atomic mass is 9.97. The smallest absolute Gasteiger partial charge is 0.164 e. The Balaban J connectivity index is 1.06. The summed E-state index contributed by atoms with van der Waals surface area (Å²) in [6.07, 6.45) is 0. The molecule has 0 bridgehead atoms. The molecule has 0 N–H and O–H groups in total. The van der Waals surface area contributed by atoms with E-state index in [4.69, 9.17) is 23.8 Å². The zero-order valence-corrected chi connectivity index (χ0v) is 31.1. The molecule has 0 spiro atoms. The van der Waals surface area contributed by atoms with Gasteiger partial charge in [0.2, 0.25) is 0 Å². The number of thiophene rings is 1. The molecule has 5 nitrogen and oxygen atoms in total. The third-order valence-corrected chi connectivity index (χ3v) is 12.1. The van der Waals surface area contributed by atoms with Gasteiger partial charge in [-0.15, -0.1) is 11.3 Å². The van der Waals surface area contributed by atoms with Crippen LogP contribution in [-0.4, -0.2) is 15.0 Å². The predicted molar refractivity (Wildman–Crippen MR) is 234 cm³/mol. The second kappa shape index (κ2) is 12.6. The Morgan fingerprint density at radius 3 is 1.75 bits per heavy atom. The number of hydrogen-bond acceptors (Lipinski definition) is 6. The molecule has 0 radical (unpaired) electrons. The number of nitrogens with zero attached hydrogens (tertiary/aromatic N) is 3. The Labute approximate surface area is 330 Å². The first-order valence-corrected chi connectivity index (χ1v) is 19.7. The summed E-state index contributed by atoms with van der Waals surface area (Å²) in [5.74, 6) is 1.74. The van der Waals surface area contributed by atoms with Crippen LogP contribution in [0.5, 0.6) is 0 Å². The highest BCUT2D eigenvalue weighted by Gasteiger charge is 2.20. The van der Waals surface area contributed by atoms with Crippen LogP contribution in [0.4, 0.5) is 0 Å². The molecular weight excluding hydrogens is 719 g/mol. The number of fused-ring (bicyclic) bond motifs is 9. The monoisotopic (exact) mass is 747 g/mol. The maximum absolute atomic E-state index is 6.53. The first kappa shape index (κ1) is 31.9. The summed E-state index contributed by atoms with van der Waals surface area (Å²) in [6, 6.07) is 61.0. The number of para-hydroxylation sites is 1. The third kappa shape index (κ3) is 5.19. The van der Waals surface area contributed by atoms with Gasteiger partial charge in [-0.1, -0.05) is 121 Å². The van der Waals surface area contributed by atoms with E-state index in [0.717, 1.165) is 77.3 Å². The first-order chi connectivity index (χ1) is 28.2. The normalized spacial score (nSPS) is 11.9. The summed E-state index contributed by atoms with van der Waals surface area (Å²) in [6.45, 7) is 0. The van der Waals surface area contributed by atoms with E-state index in [-0.39, 0.29) is 0 Å². The summed E-state index contributed by atoms with van der Waals surface area (Å²) in [4.78, 5) is 15.6. The lowest BCUT2D eigenvalue weighted by Gasteiger charge is -2.10. The van der Waals surface area contributed by atoms with Gasteiger partial charge in [-0.25, -0.2) is 15.0 Å². The van der Waals surface area contributed by atoms with Crippen molar-refractivity contribution >= 4 is 75.4 Å². The van der Waals surface area contributed by atoms with Crippen LogP contribution in [0.15, 0.2) is 185 Å². The largest absolute Gasteiger partial charge is 0.456 e. The highest BCUT2D eigenvalue weighted by Crippen LogP contribution is 2.43. The standard InChI is InChI=1S/C51H29N3O2S/c1-2-10-30(11-3-1)31-20-22-32(23-21-31)49-52-50(34-25-27-42-39(29-34)36-12-4-6-16-41(36)55-42)54-51(53-49)38-15-8-17-44-47(38)40-28-33(24-26-43(40)56-44)35-14-9-19-46-48(35)37-13-5-7-18-45(37)57-46/h1-29H. The van der Waals surface area contributed by atoms with Gasteiger partial charge in [-0.3, -0.25) is 0 Å². The minimum Gasteiger partial charge on any atom is -0.456 e. The van der Waals surface area contributed by atoms with Crippen LogP contribution in [0.25, 0.3) is 120 Å². The second-order valence-corrected chi connectivity index (χ2v) is 15.4. The van der Waals surface area contributed by atoms with Crippen molar-refractivity contribution in [1.82, 2.24) is 15.0 Å². The fourth-order valence-corrected chi connectivity index (χ4v) is 9.39. The Morgan fingerprint density at radius 1 is 0.316 bits per heavy atom. The van der Waals surface area contributed by atoms with E-state index in [9.17, 15) is 0 Å². The molecule has 12 aromatic rings. The van der Waals surface area contributed by atoms with Crippen LogP contribution >= 0.6 is 11.3 Å². The van der Waals surface area contributed by atoms with E-state index in [0.29, 0.717) is 17.5 Å². The second-order valence-electron chi connectivity index (χ2n) is 14.3. The molecular formula is C51H29N3O2S. The number of aromatic nitrogens is 3.